The Morgan fingerprint density at radius 3 is 2.62 bits per heavy atom. The molecule has 2 N–H and O–H groups in total. The number of nitrogens with zero attached hydrogens (tertiary/aromatic N) is 3. The first-order chi connectivity index (χ1) is 13.7. The van der Waals surface area contributed by atoms with Gasteiger partial charge >= 0.3 is 0 Å². The molecule has 0 saturated carbocycles. The molecule has 0 aliphatic carbocycles. The second-order valence-corrected chi connectivity index (χ2v) is 7.50. The standard InChI is InChI=1S/C22H27N5S.HI/c1-17-7-8-20(21(11-17)28-3)14-26-22(23-2)25-13-18-5-4-6-19(12-18)15-27-10-9-24-16-27;/h4-12,16H,13-15H2,1-3H3,(H2,23,25,26);1H. The maximum Gasteiger partial charge on any atom is 0.191 e. The van der Waals surface area contributed by atoms with Gasteiger partial charge in [0.2, 0.25) is 0 Å². The van der Waals surface area contributed by atoms with E-state index < -0.39 is 0 Å². The minimum atomic E-state index is 0. The van der Waals surface area contributed by atoms with Crippen LogP contribution in [-0.4, -0.2) is 28.8 Å². The number of imidazole rings is 1. The number of hydrogen-bond donors (Lipinski definition) is 2. The molecule has 1 heterocycles. The highest BCUT2D eigenvalue weighted by atomic mass is 127. The molecule has 7 heteroatoms. The second-order valence-electron chi connectivity index (χ2n) is 6.65. The van der Waals surface area contributed by atoms with Crippen molar-refractivity contribution >= 4 is 41.7 Å². The Balaban J connectivity index is 0.00000300. The molecule has 0 spiro atoms. The van der Waals surface area contributed by atoms with E-state index in [-0.39, 0.29) is 24.0 Å². The Labute approximate surface area is 194 Å². The van der Waals surface area contributed by atoms with Crippen molar-refractivity contribution in [3.05, 3.63) is 83.4 Å². The van der Waals surface area contributed by atoms with Gasteiger partial charge in [0, 0.05) is 44.0 Å². The van der Waals surface area contributed by atoms with E-state index in [0.717, 1.165) is 25.6 Å². The van der Waals surface area contributed by atoms with Crippen LogP contribution in [0.3, 0.4) is 0 Å². The first-order valence-corrected chi connectivity index (χ1v) is 10.5. The third-order valence-corrected chi connectivity index (χ3v) is 5.31. The van der Waals surface area contributed by atoms with Crippen LogP contribution in [0, 0.1) is 6.92 Å². The number of halogens is 1. The first kappa shape index (κ1) is 23.3. The van der Waals surface area contributed by atoms with Crippen molar-refractivity contribution in [2.24, 2.45) is 4.99 Å². The fourth-order valence-corrected chi connectivity index (χ4v) is 3.72. The number of aliphatic imine (C=N–C) groups is 1. The Morgan fingerprint density at radius 2 is 1.90 bits per heavy atom. The maximum atomic E-state index is 4.35. The fraction of sp³-hybridized carbons (Fsp3) is 0.273. The van der Waals surface area contributed by atoms with Gasteiger partial charge in [-0.15, -0.1) is 35.7 Å². The van der Waals surface area contributed by atoms with Gasteiger partial charge in [0.05, 0.1) is 6.33 Å². The number of aromatic nitrogens is 2. The third kappa shape index (κ3) is 7.08. The van der Waals surface area contributed by atoms with Gasteiger partial charge in [0.15, 0.2) is 5.96 Å². The summed E-state index contributed by atoms with van der Waals surface area (Å²) in [4.78, 5) is 9.75. The monoisotopic (exact) mass is 521 g/mol. The Bertz CT molecular complexity index is 925. The van der Waals surface area contributed by atoms with Crippen LogP contribution in [0.1, 0.15) is 22.3 Å². The van der Waals surface area contributed by atoms with Crippen molar-refractivity contribution in [1.29, 1.82) is 0 Å². The lowest BCUT2D eigenvalue weighted by Crippen LogP contribution is -2.36. The molecule has 0 fully saturated rings. The summed E-state index contributed by atoms with van der Waals surface area (Å²) in [5.41, 5.74) is 5.04. The molecular weight excluding hydrogens is 493 g/mol. The highest BCUT2D eigenvalue weighted by Crippen LogP contribution is 2.21. The second kappa shape index (κ2) is 11.9. The quantitative estimate of drug-likeness (QED) is 0.209. The minimum absolute atomic E-state index is 0. The molecule has 154 valence electrons. The number of nitrogens with one attached hydrogen (secondary N) is 2. The van der Waals surface area contributed by atoms with Crippen LogP contribution in [0.5, 0.6) is 0 Å². The van der Waals surface area contributed by atoms with Crippen LogP contribution in [0.15, 0.2) is 71.1 Å². The summed E-state index contributed by atoms with van der Waals surface area (Å²) in [6, 6.07) is 15.1. The molecule has 0 radical (unpaired) electrons. The average Bonchev–Trinajstić information content (AvgIpc) is 3.22. The largest absolute Gasteiger partial charge is 0.352 e. The lowest BCUT2D eigenvalue weighted by atomic mass is 10.1. The summed E-state index contributed by atoms with van der Waals surface area (Å²) in [5, 5.41) is 6.82. The average molecular weight is 521 g/mol. The van der Waals surface area contributed by atoms with E-state index in [9.17, 15) is 0 Å². The molecule has 0 saturated heterocycles. The number of guanidine groups is 1. The number of thioether (sulfide) groups is 1. The van der Waals surface area contributed by atoms with Crippen molar-refractivity contribution in [1.82, 2.24) is 20.2 Å². The van der Waals surface area contributed by atoms with Gasteiger partial charge in [-0.25, -0.2) is 4.98 Å². The summed E-state index contributed by atoms with van der Waals surface area (Å²) in [6.07, 6.45) is 7.73. The number of aryl methyl sites for hydroxylation is 1. The SMILES string of the molecule is CN=C(NCc1cccc(Cn2ccnc2)c1)NCc1ccc(C)cc1SC.I. The van der Waals surface area contributed by atoms with Crippen molar-refractivity contribution in [2.75, 3.05) is 13.3 Å². The molecule has 3 aromatic rings. The number of hydrogen-bond acceptors (Lipinski definition) is 3. The van der Waals surface area contributed by atoms with E-state index in [1.165, 1.54) is 27.1 Å². The summed E-state index contributed by atoms with van der Waals surface area (Å²) in [7, 11) is 1.80. The highest BCUT2D eigenvalue weighted by molar-refractivity contribution is 14.0. The van der Waals surface area contributed by atoms with Gasteiger partial charge in [-0.2, -0.15) is 0 Å². The predicted molar refractivity (Wildman–Crippen MR) is 133 cm³/mol. The zero-order valence-electron chi connectivity index (χ0n) is 17.1. The summed E-state index contributed by atoms with van der Waals surface area (Å²) in [5.74, 6) is 0.799. The van der Waals surface area contributed by atoms with E-state index in [1.54, 1.807) is 25.0 Å². The number of rotatable bonds is 7. The summed E-state index contributed by atoms with van der Waals surface area (Å²) >= 11 is 1.78. The van der Waals surface area contributed by atoms with Crippen molar-refractivity contribution < 1.29 is 0 Å². The van der Waals surface area contributed by atoms with E-state index in [4.69, 9.17) is 0 Å². The molecule has 29 heavy (non-hydrogen) atoms. The zero-order valence-corrected chi connectivity index (χ0v) is 20.2. The van der Waals surface area contributed by atoms with Gasteiger partial charge in [-0.1, -0.05) is 36.4 Å². The van der Waals surface area contributed by atoms with Crippen LogP contribution in [-0.2, 0) is 19.6 Å². The molecule has 3 rings (SSSR count). The lowest BCUT2D eigenvalue weighted by Gasteiger charge is -2.14. The van der Waals surface area contributed by atoms with Gasteiger partial charge in [0.25, 0.3) is 0 Å². The van der Waals surface area contributed by atoms with Gasteiger partial charge in [-0.05, 0) is 41.5 Å². The first-order valence-electron chi connectivity index (χ1n) is 9.29. The maximum absolute atomic E-state index is 4.35. The molecule has 0 aliphatic heterocycles. The molecule has 0 aliphatic rings. The normalized spacial score (nSPS) is 11.1. The Hall–Kier alpha value is -2.00. The van der Waals surface area contributed by atoms with Gasteiger partial charge < -0.3 is 15.2 Å². The van der Waals surface area contributed by atoms with Crippen molar-refractivity contribution in [2.45, 2.75) is 31.5 Å². The zero-order chi connectivity index (χ0) is 19.8. The smallest absolute Gasteiger partial charge is 0.191 e. The predicted octanol–water partition coefficient (Wildman–Crippen LogP) is 4.44. The van der Waals surface area contributed by atoms with E-state index in [0.29, 0.717) is 0 Å². The van der Waals surface area contributed by atoms with Crippen LogP contribution in [0.25, 0.3) is 0 Å². The molecule has 0 unspecified atom stereocenters. The van der Waals surface area contributed by atoms with Crippen LogP contribution in [0.4, 0.5) is 0 Å². The fourth-order valence-electron chi connectivity index (χ4n) is 3.01. The topological polar surface area (TPSA) is 54.2 Å². The van der Waals surface area contributed by atoms with Crippen LogP contribution < -0.4 is 10.6 Å². The molecule has 2 aromatic carbocycles. The molecule has 0 atom stereocenters. The molecular formula is C22H28IN5S. The van der Waals surface area contributed by atoms with E-state index in [2.05, 4.69) is 80.8 Å². The third-order valence-electron chi connectivity index (χ3n) is 4.49. The van der Waals surface area contributed by atoms with E-state index >= 15 is 0 Å². The molecule has 1 aromatic heterocycles. The van der Waals surface area contributed by atoms with Gasteiger partial charge in [-0.3, -0.25) is 4.99 Å². The molecule has 5 nitrogen and oxygen atoms in total. The number of benzene rings is 2. The molecule has 0 amide bonds. The summed E-state index contributed by atoms with van der Waals surface area (Å²) < 4.78 is 2.07. The Kier molecular flexibility index (Phi) is 9.53. The van der Waals surface area contributed by atoms with Gasteiger partial charge in [0.1, 0.15) is 0 Å². The highest BCUT2D eigenvalue weighted by Gasteiger charge is 2.04. The van der Waals surface area contributed by atoms with Crippen LogP contribution >= 0.6 is 35.7 Å². The van der Waals surface area contributed by atoms with Crippen LogP contribution in [0.2, 0.25) is 0 Å². The summed E-state index contributed by atoms with van der Waals surface area (Å²) in [6.45, 7) is 4.42. The lowest BCUT2D eigenvalue weighted by molar-refractivity contribution is 0.785. The Morgan fingerprint density at radius 1 is 1.10 bits per heavy atom. The van der Waals surface area contributed by atoms with Crippen molar-refractivity contribution in [3.63, 3.8) is 0 Å². The minimum Gasteiger partial charge on any atom is -0.352 e. The van der Waals surface area contributed by atoms with E-state index in [1.807, 2.05) is 12.5 Å². The molecule has 0 bridgehead atoms. The van der Waals surface area contributed by atoms with Crippen molar-refractivity contribution in [3.8, 4) is 0 Å².